The second-order valence-electron chi connectivity index (χ2n) is 8.42. The molecule has 0 heterocycles. The normalized spacial score (nSPS) is 10.1. The topological polar surface area (TPSA) is 182 Å². The van der Waals surface area contributed by atoms with Gasteiger partial charge in [-0.05, 0) is 0 Å². The second kappa shape index (κ2) is 47.6. The number of carbonyl (C=O) groups is 3. The number of rotatable bonds is 34. The average Bonchev–Trinajstić information content (AvgIpc) is 3.12. The maximum atomic E-state index is 10.7. The fourth-order valence-corrected chi connectivity index (χ4v) is 2.53. The zero-order valence-corrected chi connectivity index (χ0v) is 29.6. The number of aliphatic hydroxyl groups excluding tert-OH is 1. The van der Waals surface area contributed by atoms with Crippen molar-refractivity contribution in [3.8, 4) is 0 Å². The molecule has 0 aromatic rings. The van der Waals surface area contributed by atoms with Gasteiger partial charge in [0, 0.05) is 25.3 Å². The molecule has 0 saturated carbocycles. The number of carbonyl (C=O) groups excluding carboxylic acids is 3. The molecule has 49 heavy (non-hydrogen) atoms. The van der Waals surface area contributed by atoms with Crippen molar-refractivity contribution in [2.24, 2.45) is 0 Å². The number of methoxy groups -OCH3 is 1. The summed E-state index contributed by atoms with van der Waals surface area (Å²) in [5.41, 5.74) is 0. The van der Waals surface area contributed by atoms with Gasteiger partial charge in [-0.2, -0.15) is 0 Å². The van der Waals surface area contributed by atoms with Gasteiger partial charge in [-0.25, -0.2) is 14.4 Å². The monoisotopic (exact) mass is 732 g/mol. The average molecular weight is 733 g/mol. The van der Waals surface area contributed by atoms with Gasteiger partial charge < -0.3 is 61.9 Å². The third-order valence-electron chi connectivity index (χ3n) is 4.66. The van der Waals surface area contributed by atoms with Gasteiger partial charge in [0.2, 0.25) is 0 Å². The number of aliphatic hydroxyl groups is 1. The van der Waals surface area contributed by atoms with E-state index in [1.54, 1.807) is 7.11 Å². The van der Waals surface area contributed by atoms with Crippen LogP contribution in [0.3, 0.4) is 0 Å². The van der Waals surface area contributed by atoms with Crippen molar-refractivity contribution in [3.05, 3.63) is 38.0 Å². The van der Waals surface area contributed by atoms with Crippen LogP contribution in [0.1, 0.15) is 0 Å². The largest absolute Gasteiger partial charge is 0.461 e. The molecular weight excluding hydrogens is 676 g/mol. The summed E-state index contributed by atoms with van der Waals surface area (Å²) < 4.78 is 60.5. The maximum absolute atomic E-state index is 10.7. The minimum atomic E-state index is -0.463. The number of hydrogen-bond acceptors (Lipinski definition) is 16. The molecule has 0 bridgehead atoms. The van der Waals surface area contributed by atoms with E-state index in [-0.39, 0.29) is 26.4 Å². The second-order valence-corrected chi connectivity index (χ2v) is 8.80. The Balaban J connectivity index is -0.000000793. The van der Waals surface area contributed by atoms with Crippen LogP contribution in [0.4, 0.5) is 0 Å². The molecule has 1 N–H and O–H groups in total. The van der Waals surface area contributed by atoms with Crippen LogP contribution in [0.25, 0.3) is 0 Å². The van der Waals surface area contributed by atoms with Crippen LogP contribution in [-0.2, 0) is 71.2 Å². The first-order chi connectivity index (χ1) is 23.9. The SMILES string of the molecule is C=CC(=O)OCCCl.C=CC(=O)OCCOCCOCCOCCOCCOCCOC(=O)C=C.COCCOCCOCCOCCO. The van der Waals surface area contributed by atoms with Gasteiger partial charge in [0.05, 0.1) is 125 Å². The van der Waals surface area contributed by atoms with Gasteiger partial charge >= 0.3 is 17.9 Å². The van der Waals surface area contributed by atoms with Crippen LogP contribution in [-0.4, -0.2) is 175 Å². The minimum Gasteiger partial charge on any atom is -0.461 e. The zero-order chi connectivity index (χ0) is 36.9. The highest BCUT2D eigenvalue weighted by atomic mass is 35.5. The summed E-state index contributed by atoms with van der Waals surface area (Å²) in [6.45, 7) is 18.4. The van der Waals surface area contributed by atoms with Crippen molar-refractivity contribution in [2.45, 2.75) is 0 Å². The van der Waals surface area contributed by atoms with E-state index < -0.39 is 17.9 Å². The Bertz CT molecular complexity index is 709. The highest BCUT2D eigenvalue weighted by molar-refractivity contribution is 6.18. The van der Waals surface area contributed by atoms with Gasteiger partial charge in [0.1, 0.15) is 19.8 Å². The van der Waals surface area contributed by atoms with E-state index in [2.05, 4.69) is 24.5 Å². The van der Waals surface area contributed by atoms with E-state index in [9.17, 15) is 14.4 Å². The van der Waals surface area contributed by atoms with Gasteiger partial charge in [0.25, 0.3) is 0 Å². The van der Waals surface area contributed by atoms with Crippen molar-refractivity contribution in [1.29, 1.82) is 0 Å². The number of hydrogen-bond donors (Lipinski definition) is 1. The summed E-state index contributed by atoms with van der Waals surface area (Å²) in [4.78, 5) is 31.7. The Hall–Kier alpha value is -2.48. The van der Waals surface area contributed by atoms with Crippen molar-refractivity contribution in [3.63, 3.8) is 0 Å². The molecule has 0 fully saturated rings. The Labute approximate surface area is 295 Å². The number of alkyl halides is 1. The standard InChI is InChI=1S/C18H30O9.C9H20O5.C5H7ClO2/c1-3-17(19)26-15-13-24-11-9-22-7-5-21-6-8-23-10-12-25-14-16-27-18(20)4-2;1-11-4-5-13-8-9-14-7-6-12-3-2-10;1-2-5(7)8-4-3-6/h3-4H,1-2,5-16H2;10H,2-9H2,1H3;2H,1,3-4H2. The minimum absolute atomic E-state index is 0.0557. The van der Waals surface area contributed by atoms with Crippen LogP contribution in [0, 0.1) is 0 Å². The Kier molecular flexibility index (Phi) is 49.5. The highest BCUT2D eigenvalue weighted by Gasteiger charge is 1.97. The molecule has 17 heteroatoms. The fraction of sp³-hybridized carbons (Fsp3) is 0.719. The lowest BCUT2D eigenvalue weighted by Gasteiger charge is -2.08. The molecule has 0 aliphatic rings. The van der Waals surface area contributed by atoms with E-state index in [1.165, 1.54) is 0 Å². The summed E-state index contributed by atoms with van der Waals surface area (Å²) in [7, 11) is 1.64. The van der Waals surface area contributed by atoms with Gasteiger partial charge in [-0.15, -0.1) is 11.6 Å². The molecular formula is C32H57ClO16. The van der Waals surface area contributed by atoms with Crippen LogP contribution in [0.15, 0.2) is 38.0 Å². The van der Waals surface area contributed by atoms with Crippen LogP contribution >= 0.6 is 11.6 Å². The predicted octanol–water partition coefficient (Wildman–Crippen LogP) is 1.16. The molecule has 0 spiro atoms. The zero-order valence-electron chi connectivity index (χ0n) is 28.9. The van der Waals surface area contributed by atoms with Crippen molar-refractivity contribution >= 4 is 29.5 Å². The molecule has 0 aromatic heterocycles. The van der Waals surface area contributed by atoms with E-state index in [4.69, 9.17) is 68.8 Å². The molecule has 0 atom stereocenters. The first-order valence-electron chi connectivity index (χ1n) is 15.6. The quantitative estimate of drug-likeness (QED) is 0.0327. The summed E-state index contributed by atoms with van der Waals surface area (Å²) in [5, 5.41) is 8.39. The molecule has 0 aromatic carbocycles. The third-order valence-corrected chi connectivity index (χ3v) is 4.82. The Morgan fingerprint density at radius 1 is 0.449 bits per heavy atom. The van der Waals surface area contributed by atoms with Crippen LogP contribution in [0.2, 0.25) is 0 Å². The Morgan fingerprint density at radius 3 is 0.939 bits per heavy atom. The first-order valence-corrected chi connectivity index (χ1v) is 16.1. The lowest BCUT2D eigenvalue weighted by atomic mass is 10.6. The first kappa shape index (κ1) is 50.9. The highest BCUT2D eigenvalue weighted by Crippen LogP contribution is 1.87. The lowest BCUT2D eigenvalue weighted by molar-refractivity contribution is -0.140. The van der Waals surface area contributed by atoms with E-state index in [0.29, 0.717) is 118 Å². The smallest absolute Gasteiger partial charge is 0.330 e. The van der Waals surface area contributed by atoms with Crippen molar-refractivity contribution in [1.82, 2.24) is 0 Å². The van der Waals surface area contributed by atoms with Crippen LogP contribution < -0.4 is 0 Å². The summed E-state index contributed by atoms with van der Waals surface area (Å²) in [5.74, 6) is -1.02. The number of ether oxygens (including phenoxy) is 12. The molecule has 0 aliphatic heterocycles. The molecule has 0 rings (SSSR count). The van der Waals surface area contributed by atoms with Crippen molar-refractivity contribution in [2.75, 3.05) is 152 Å². The van der Waals surface area contributed by atoms with Gasteiger partial charge in [-0.3, -0.25) is 0 Å². The van der Waals surface area contributed by atoms with Crippen molar-refractivity contribution < 1.29 is 76.3 Å². The molecule has 0 radical (unpaired) electrons. The number of halogens is 1. The fourth-order valence-electron chi connectivity index (χ4n) is 2.45. The van der Waals surface area contributed by atoms with Gasteiger partial charge in [0.15, 0.2) is 0 Å². The lowest BCUT2D eigenvalue weighted by Crippen LogP contribution is -2.15. The van der Waals surface area contributed by atoms with E-state index in [1.807, 2.05) is 0 Å². The van der Waals surface area contributed by atoms with Crippen LogP contribution in [0.5, 0.6) is 0 Å². The van der Waals surface area contributed by atoms with E-state index in [0.717, 1.165) is 18.2 Å². The molecule has 288 valence electrons. The molecule has 0 saturated heterocycles. The summed E-state index contributed by atoms with van der Waals surface area (Å²) in [6, 6.07) is 0. The number of esters is 3. The summed E-state index contributed by atoms with van der Waals surface area (Å²) in [6.07, 6.45) is 3.31. The van der Waals surface area contributed by atoms with E-state index >= 15 is 0 Å². The molecule has 0 amide bonds. The molecule has 0 unspecified atom stereocenters. The molecule has 0 aliphatic carbocycles. The third kappa shape index (κ3) is 52.5. The summed E-state index contributed by atoms with van der Waals surface area (Å²) >= 11 is 5.19. The predicted molar refractivity (Wildman–Crippen MR) is 180 cm³/mol. The molecule has 16 nitrogen and oxygen atoms in total. The van der Waals surface area contributed by atoms with Gasteiger partial charge in [-0.1, -0.05) is 19.7 Å². The Morgan fingerprint density at radius 2 is 0.694 bits per heavy atom. The maximum Gasteiger partial charge on any atom is 0.330 e.